The van der Waals surface area contributed by atoms with Gasteiger partial charge in [0.2, 0.25) is 0 Å². The molecule has 0 amide bonds. The number of rotatable bonds is 6. The zero-order chi connectivity index (χ0) is 19.1. The molecule has 0 bridgehead atoms. The highest BCUT2D eigenvalue weighted by atomic mass is 35.5. The number of hydrogen-bond acceptors (Lipinski definition) is 4. The second kappa shape index (κ2) is 9.53. The maximum atomic E-state index is 6.25. The summed E-state index contributed by atoms with van der Waals surface area (Å²) in [6, 6.07) is 8.18. The van der Waals surface area contributed by atoms with Crippen molar-refractivity contribution in [3.05, 3.63) is 50.9 Å². The van der Waals surface area contributed by atoms with Gasteiger partial charge < -0.3 is 15.4 Å². The van der Waals surface area contributed by atoms with E-state index in [-0.39, 0.29) is 5.41 Å². The van der Waals surface area contributed by atoms with Crippen LogP contribution in [0, 0.1) is 0 Å². The van der Waals surface area contributed by atoms with E-state index < -0.39 is 0 Å². The topological polar surface area (TPSA) is 58.5 Å². The Hall–Kier alpha value is -1.63. The predicted octanol–water partition coefficient (Wildman–Crippen LogP) is 3.77. The van der Waals surface area contributed by atoms with Crippen molar-refractivity contribution >= 4 is 28.9 Å². The Morgan fingerprint density at radius 3 is 2.81 bits per heavy atom. The standard InChI is InChI=1S/C20H27ClN4OS/c1-3-17-12-23-18(27-17)13-24-19(22-2)25-14-20(7-9-26-10-8-20)15-5-4-6-16(21)11-15/h4-6,11-12H,3,7-10,13-14H2,1-2H3,(H2,22,24,25). The van der Waals surface area contributed by atoms with Gasteiger partial charge in [-0.25, -0.2) is 4.98 Å². The van der Waals surface area contributed by atoms with E-state index in [1.54, 1.807) is 18.4 Å². The van der Waals surface area contributed by atoms with Crippen molar-refractivity contribution in [3.63, 3.8) is 0 Å². The Balaban J connectivity index is 1.64. The first kappa shape index (κ1) is 20.1. The highest BCUT2D eigenvalue weighted by molar-refractivity contribution is 7.11. The molecule has 7 heteroatoms. The number of ether oxygens (including phenoxy) is 1. The monoisotopic (exact) mass is 406 g/mol. The predicted molar refractivity (Wildman–Crippen MR) is 113 cm³/mol. The van der Waals surface area contributed by atoms with E-state index in [1.165, 1.54) is 10.4 Å². The van der Waals surface area contributed by atoms with Gasteiger partial charge in [-0.1, -0.05) is 30.7 Å². The molecule has 1 aliphatic rings. The molecule has 2 heterocycles. The molecule has 0 spiro atoms. The summed E-state index contributed by atoms with van der Waals surface area (Å²) >= 11 is 8.00. The van der Waals surface area contributed by atoms with Crippen LogP contribution in [-0.2, 0) is 23.1 Å². The van der Waals surface area contributed by atoms with Gasteiger partial charge in [-0.2, -0.15) is 0 Å². The molecule has 5 nitrogen and oxygen atoms in total. The minimum atomic E-state index is -0.00265. The van der Waals surface area contributed by atoms with Crippen molar-refractivity contribution in [3.8, 4) is 0 Å². The molecule has 1 aromatic heterocycles. The molecule has 1 aromatic carbocycles. The molecule has 1 aliphatic heterocycles. The molecule has 2 N–H and O–H groups in total. The second-order valence-corrected chi connectivity index (χ2v) is 8.39. The molecular formula is C20H27ClN4OS. The molecule has 0 radical (unpaired) electrons. The van der Waals surface area contributed by atoms with Crippen LogP contribution >= 0.6 is 22.9 Å². The Morgan fingerprint density at radius 2 is 2.15 bits per heavy atom. The van der Waals surface area contributed by atoms with Gasteiger partial charge in [0.15, 0.2) is 5.96 Å². The molecule has 27 heavy (non-hydrogen) atoms. The number of thiazole rings is 1. The van der Waals surface area contributed by atoms with Gasteiger partial charge >= 0.3 is 0 Å². The summed E-state index contributed by atoms with van der Waals surface area (Å²) in [5.74, 6) is 0.788. The zero-order valence-electron chi connectivity index (χ0n) is 15.9. The summed E-state index contributed by atoms with van der Waals surface area (Å²) in [5.41, 5.74) is 1.26. The van der Waals surface area contributed by atoms with Crippen molar-refractivity contribution in [2.75, 3.05) is 26.8 Å². The molecule has 146 valence electrons. The third kappa shape index (κ3) is 5.21. The maximum absolute atomic E-state index is 6.25. The average Bonchev–Trinajstić information content (AvgIpc) is 3.17. The highest BCUT2D eigenvalue weighted by Gasteiger charge is 2.34. The summed E-state index contributed by atoms with van der Waals surface area (Å²) in [4.78, 5) is 10.1. The van der Waals surface area contributed by atoms with Crippen molar-refractivity contribution < 1.29 is 4.74 Å². The number of aromatic nitrogens is 1. The van der Waals surface area contributed by atoms with Gasteiger partial charge in [-0.15, -0.1) is 11.3 Å². The summed E-state index contributed by atoms with van der Waals surface area (Å²) in [5, 5.41) is 8.73. The molecule has 1 saturated heterocycles. The first-order valence-electron chi connectivity index (χ1n) is 9.37. The quantitative estimate of drug-likeness (QED) is 0.566. The van der Waals surface area contributed by atoms with Gasteiger partial charge in [0.05, 0.1) is 6.54 Å². The van der Waals surface area contributed by atoms with E-state index in [0.717, 1.165) is 55.0 Å². The lowest BCUT2D eigenvalue weighted by atomic mass is 9.74. The average molecular weight is 407 g/mol. The van der Waals surface area contributed by atoms with E-state index in [0.29, 0.717) is 6.54 Å². The van der Waals surface area contributed by atoms with Crippen LogP contribution in [0.25, 0.3) is 0 Å². The molecule has 1 fully saturated rings. The zero-order valence-corrected chi connectivity index (χ0v) is 17.5. The second-order valence-electron chi connectivity index (χ2n) is 6.76. The van der Waals surface area contributed by atoms with Crippen molar-refractivity contribution in [2.24, 2.45) is 4.99 Å². The Morgan fingerprint density at radius 1 is 1.33 bits per heavy atom. The van der Waals surface area contributed by atoms with Crippen LogP contribution in [0.5, 0.6) is 0 Å². The molecule has 3 rings (SSSR count). The lowest BCUT2D eigenvalue weighted by molar-refractivity contribution is 0.0514. The fourth-order valence-corrected chi connectivity index (χ4v) is 4.37. The lowest BCUT2D eigenvalue weighted by Crippen LogP contribution is -2.47. The SMILES string of the molecule is CCc1cnc(CNC(=NC)NCC2(c3cccc(Cl)c3)CCOCC2)s1. The summed E-state index contributed by atoms with van der Waals surface area (Å²) < 4.78 is 5.61. The number of nitrogens with one attached hydrogen (secondary N) is 2. The molecule has 2 aromatic rings. The number of aliphatic imine (C=N–C) groups is 1. The van der Waals surface area contributed by atoms with E-state index in [9.17, 15) is 0 Å². The minimum Gasteiger partial charge on any atom is -0.381 e. The Bertz CT molecular complexity index is 771. The van der Waals surface area contributed by atoms with Gasteiger partial charge in [0, 0.05) is 48.3 Å². The van der Waals surface area contributed by atoms with Crippen LogP contribution in [-0.4, -0.2) is 37.7 Å². The van der Waals surface area contributed by atoms with Gasteiger partial charge in [0.25, 0.3) is 0 Å². The summed E-state index contributed by atoms with van der Waals surface area (Å²) in [6.07, 6.45) is 4.90. The van der Waals surface area contributed by atoms with Crippen molar-refractivity contribution in [1.82, 2.24) is 15.6 Å². The third-order valence-electron chi connectivity index (χ3n) is 5.06. The number of guanidine groups is 1. The molecule has 0 atom stereocenters. The fraction of sp³-hybridized carbons (Fsp3) is 0.500. The maximum Gasteiger partial charge on any atom is 0.191 e. The number of halogens is 1. The van der Waals surface area contributed by atoms with Crippen molar-refractivity contribution in [2.45, 2.75) is 38.1 Å². The molecule has 0 unspecified atom stereocenters. The van der Waals surface area contributed by atoms with Gasteiger partial charge in [-0.05, 0) is 37.0 Å². The number of nitrogens with zero attached hydrogens (tertiary/aromatic N) is 2. The van der Waals surface area contributed by atoms with Gasteiger partial charge in [0.1, 0.15) is 5.01 Å². The van der Waals surface area contributed by atoms with Gasteiger partial charge in [-0.3, -0.25) is 4.99 Å². The van der Waals surface area contributed by atoms with Crippen LogP contribution in [0.4, 0.5) is 0 Å². The van der Waals surface area contributed by atoms with Crippen LogP contribution < -0.4 is 10.6 Å². The van der Waals surface area contributed by atoms with Crippen LogP contribution in [0.2, 0.25) is 5.02 Å². The number of benzene rings is 1. The summed E-state index contributed by atoms with van der Waals surface area (Å²) in [7, 11) is 1.80. The van der Waals surface area contributed by atoms with E-state index in [4.69, 9.17) is 16.3 Å². The minimum absolute atomic E-state index is 0.00265. The normalized spacial score (nSPS) is 16.9. The number of hydrogen-bond donors (Lipinski definition) is 2. The first-order valence-corrected chi connectivity index (χ1v) is 10.6. The largest absolute Gasteiger partial charge is 0.381 e. The molecular weight excluding hydrogens is 380 g/mol. The van der Waals surface area contributed by atoms with E-state index >= 15 is 0 Å². The Kier molecular flexibility index (Phi) is 7.10. The van der Waals surface area contributed by atoms with Crippen molar-refractivity contribution in [1.29, 1.82) is 0 Å². The smallest absolute Gasteiger partial charge is 0.191 e. The Labute approximate surface area is 170 Å². The molecule has 0 aliphatic carbocycles. The first-order chi connectivity index (χ1) is 13.1. The summed E-state index contributed by atoms with van der Waals surface area (Å²) in [6.45, 7) is 5.14. The van der Waals surface area contributed by atoms with Crippen LogP contribution in [0.15, 0.2) is 35.5 Å². The van der Waals surface area contributed by atoms with Crippen LogP contribution in [0.3, 0.4) is 0 Å². The van der Waals surface area contributed by atoms with E-state index in [1.807, 2.05) is 18.3 Å². The van der Waals surface area contributed by atoms with Crippen LogP contribution in [0.1, 0.15) is 35.2 Å². The van der Waals surface area contributed by atoms with E-state index in [2.05, 4.69) is 39.7 Å². The lowest BCUT2D eigenvalue weighted by Gasteiger charge is -2.38. The highest BCUT2D eigenvalue weighted by Crippen LogP contribution is 2.35. The fourth-order valence-electron chi connectivity index (χ4n) is 3.37. The third-order valence-corrected chi connectivity index (χ3v) is 6.44. The number of aryl methyl sites for hydroxylation is 1. The molecule has 0 saturated carbocycles.